The summed E-state index contributed by atoms with van der Waals surface area (Å²) in [6.07, 6.45) is 5.54. The van der Waals surface area contributed by atoms with E-state index < -0.39 is 6.72 Å². The van der Waals surface area contributed by atoms with Crippen LogP contribution in [0.3, 0.4) is 0 Å². The summed E-state index contributed by atoms with van der Waals surface area (Å²) in [6, 6.07) is 0. The van der Waals surface area contributed by atoms with Crippen molar-refractivity contribution >= 4 is 41.3 Å². The normalized spacial score (nSPS) is 13.6. The first-order valence-electron chi connectivity index (χ1n) is 5.84. The van der Waals surface area contributed by atoms with Gasteiger partial charge in [0.1, 0.15) is 0 Å². The first-order valence-corrected chi connectivity index (χ1v) is 9.46. The Kier molecular flexibility index (Phi) is 7.30. The second-order valence-electron chi connectivity index (χ2n) is 3.41. The van der Waals surface area contributed by atoms with Crippen molar-refractivity contribution in [3.63, 3.8) is 0 Å². The monoisotopic (exact) mass is 320 g/mol. The van der Waals surface area contributed by atoms with E-state index in [1.165, 1.54) is 17.6 Å². The van der Waals surface area contributed by atoms with E-state index in [1.54, 1.807) is 19.3 Å². The van der Waals surface area contributed by atoms with Gasteiger partial charge in [-0.05, 0) is 36.9 Å². The smallest absolute Gasteiger partial charge is 0.316 e. The van der Waals surface area contributed by atoms with Crippen LogP contribution in [-0.2, 0) is 9.09 Å². The number of aromatic nitrogens is 2. The number of anilines is 1. The van der Waals surface area contributed by atoms with E-state index in [2.05, 4.69) is 20.4 Å². The molecule has 0 aliphatic carbocycles. The number of nitrogens with one attached hydrogen (secondary N) is 2. The number of thiocarbonyl (C=S) groups is 1. The minimum atomic E-state index is -3.01. The summed E-state index contributed by atoms with van der Waals surface area (Å²) in [7, 11) is 0. The van der Waals surface area contributed by atoms with Gasteiger partial charge in [0.05, 0.1) is 12.8 Å². The van der Waals surface area contributed by atoms with Gasteiger partial charge in [-0.3, -0.25) is 14.6 Å². The molecule has 6 nitrogen and oxygen atoms in total. The van der Waals surface area contributed by atoms with Crippen molar-refractivity contribution in [3.05, 3.63) is 18.6 Å². The molecule has 9 heteroatoms. The molecule has 1 unspecified atom stereocenters. The molecule has 1 aromatic heterocycles. The van der Waals surface area contributed by atoms with Crippen LogP contribution < -0.4 is 10.4 Å². The van der Waals surface area contributed by atoms with Crippen LogP contribution in [0.25, 0.3) is 0 Å². The van der Waals surface area contributed by atoms with Gasteiger partial charge in [0, 0.05) is 18.1 Å². The molecule has 1 rings (SSSR count). The highest BCUT2D eigenvalue weighted by atomic mass is 32.7. The Morgan fingerprint density at radius 3 is 2.89 bits per heavy atom. The number of hydrogen-bond acceptors (Lipinski definition) is 6. The Balaban J connectivity index is 2.58. The predicted octanol–water partition coefficient (Wildman–Crippen LogP) is 3.05. The Morgan fingerprint density at radius 2 is 2.32 bits per heavy atom. The molecule has 0 aromatic carbocycles. The molecule has 2 N–H and O–H groups in total. The molecule has 0 radical (unpaired) electrons. The number of rotatable bonds is 7. The predicted molar refractivity (Wildman–Crippen MR) is 83.4 cm³/mol. The van der Waals surface area contributed by atoms with Crippen LogP contribution in [0.2, 0.25) is 0 Å². The van der Waals surface area contributed by atoms with E-state index in [0.717, 1.165) is 12.2 Å². The van der Waals surface area contributed by atoms with Crippen molar-refractivity contribution < 1.29 is 9.09 Å². The van der Waals surface area contributed by atoms with Crippen molar-refractivity contribution in [1.82, 2.24) is 15.1 Å². The summed E-state index contributed by atoms with van der Waals surface area (Å²) in [5.74, 6) is 1.22. The second-order valence-corrected chi connectivity index (χ2v) is 8.17. The minimum Gasteiger partial charge on any atom is -0.316 e. The van der Waals surface area contributed by atoms with Crippen molar-refractivity contribution in [2.24, 2.45) is 0 Å². The van der Waals surface area contributed by atoms with Crippen LogP contribution in [0, 0.1) is 0 Å². The second kappa shape index (κ2) is 8.47. The molecule has 0 spiro atoms. The summed E-state index contributed by atoms with van der Waals surface area (Å²) in [6.45, 7) is 1.15. The molecule has 0 aliphatic heterocycles. The molecule has 1 atom stereocenters. The lowest BCUT2D eigenvalue weighted by Gasteiger charge is -2.19. The first-order chi connectivity index (χ1) is 9.09. The van der Waals surface area contributed by atoms with E-state index in [4.69, 9.17) is 16.7 Å². The van der Waals surface area contributed by atoms with E-state index in [9.17, 15) is 4.57 Å². The SMILES string of the molecule is CCCSP(=O)(NC(=S)Nc1cnccn1)OCC. The van der Waals surface area contributed by atoms with Gasteiger partial charge in [0.2, 0.25) is 0 Å². The van der Waals surface area contributed by atoms with Gasteiger partial charge in [-0.25, -0.2) is 4.98 Å². The van der Waals surface area contributed by atoms with Gasteiger partial charge < -0.3 is 9.84 Å². The van der Waals surface area contributed by atoms with Crippen molar-refractivity contribution in [1.29, 1.82) is 0 Å². The summed E-state index contributed by atoms with van der Waals surface area (Å²) >= 11 is 6.34. The zero-order valence-electron chi connectivity index (χ0n) is 10.8. The lowest BCUT2D eigenvalue weighted by Crippen LogP contribution is -2.26. The molecule has 0 amide bonds. The van der Waals surface area contributed by atoms with Crippen molar-refractivity contribution in [3.8, 4) is 0 Å². The van der Waals surface area contributed by atoms with Gasteiger partial charge >= 0.3 is 6.72 Å². The maximum absolute atomic E-state index is 12.4. The zero-order valence-corrected chi connectivity index (χ0v) is 13.4. The van der Waals surface area contributed by atoms with Gasteiger partial charge in [-0.1, -0.05) is 6.92 Å². The number of hydrogen-bond donors (Lipinski definition) is 2. The van der Waals surface area contributed by atoms with Gasteiger partial charge in [-0.15, -0.1) is 0 Å². The molecule has 0 saturated carbocycles. The molecule has 1 heterocycles. The van der Waals surface area contributed by atoms with E-state index in [0.29, 0.717) is 12.4 Å². The highest BCUT2D eigenvalue weighted by Crippen LogP contribution is 2.55. The Morgan fingerprint density at radius 1 is 1.53 bits per heavy atom. The van der Waals surface area contributed by atoms with Gasteiger partial charge in [-0.2, -0.15) is 0 Å². The van der Waals surface area contributed by atoms with Crippen LogP contribution in [0.5, 0.6) is 0 Å². The maximum Gasteiger partial charge on any atom is 0.352 e. The third-order valence-corrected chi connectivity index (χ3v) is 6.35. The maximum atomic E-state index is 12.4. The summed E-state index contributed by atoms with van der Waals surface area (Å²) in [4.78, 5) is 7.92. The largest absolute Gasteiger partial charge is 0.352 e. The standard InChI is InChI=1S/C10H17N4O2PS2/c1-3-7-19-17(15,16-4-2)14-10(18)13-9-8-11-5-6-12-9/h5-6,8H,3-4,7H2,1-2H3,(H2,12,13,14,15,18). The topological polar surface area (TPSA) is 76.1 Å². The van der Waals surface area contributed by atoms with Gasteiger partial charge in [0.15, 0.2) is 10.9 Å². The molecule has 0 aliphatic rings. The third kappa shape index (κ3) is 6.33. The molecular formula is C10H17N4O2PS2. The molecule has 0 bridgehead atoms. The van der Waals surface area contributed by atoms with Crippen LogP contribution in [-0.4, -0.2) is 27.4 Å². The average molecular weight is 320 g/mol. The first kappa shape index (κ1) is 16.4. The van der Waals surface area contributed by atoms with Gasteiger partial charge in [0.25, 0.3) is 0 Å². The highest BCUT2D eigenvalue weighted by molar-refractivity contribution is 8.56. The molecule has 0 fully saturated rings. The van der Waals surface area contributed by atoms with Crippen molar-refractivity contribution in [2.45, 2.75) is 20.3 Å². The zero-order chi connectivity index (χ0) is 14.1. The Labute approximate surface area is 122 Å². The number of nitrogens with zero attached hydrogens (tertiary/aromatic N) is 2. The fourth-order valence-electron chi connectivity index (χ4n) is 1.12. The molecule has 19 heavy (non-hydrogen) atoms. The lowest BCUT2D eigenvalue weighted by molar-refractivity contribution is 0.343. The summed E-state index contributed by atoms with van der Waals surface area (Å²) in [5, 5.41) is 5.75. The van der Waals surface area contributed by atoms with E-state index in [1.807, 2.05) is 6.92 Å². The lowest BCUT2D eigenvalue weighted by atomic mass is 10.6. The fourth-order valence-corrected chi connectivity index (χ4v) is 5.30. The Bertz CT molecular complexity index is 446. The highest BCUT2D eigenvalue weighted by Gasteiger charge is 2.24. The summed E-state index contributed by atoms with van der Waals surface area (Å²) < 4.78 is 17.7. The molecule has 1 aromatic rings. The quantitative estimate of drug-likeness (QED) is 0.586. The molecule has 106 valence electrons. The molecular weight excluding hydrogens is 303 g/mol. The van der Waals surface area contributed by atoms with Crippen LogP contribution in [0.1, 0.15) is 20.3 Å². The van der Waals surface area contributed by atoms with E-state index in [-0.39, 0.29) is 5.11 Å². The fraction of sp³-hybridized carbons (Fsp3) is 0.500. The van der Waals surface area contributed by atoms with Crippen LogP contribution in [0.15, 0.2) is 18.6 Å². The Hall–Kier alpha value is -0.690. The minimum absolute atomic E-state index is 0.209. The van der Waals surface area contributed by atoms with Crippen molar-refractivity contribution in [2.75, 3.05) is 17.7 Å². The molecule has 0 saturated heterocycles. The summed E-state index contributed by atoms with van der Waals surface area (Å²) in [5.41, 5.74) is 0. The van der Waals surface area contributed by atoms with Crippen LogP contribution >= 0.6 is 30.3 Å². The van der Waals surface area contributed by atoms with E-state index >= 15 is 0 Å². The van der Waals surface area contributed by atoms with Crippen LogP contribution in [0.4, 0.5) is 5.82 Å². The third-order valence-electron chi connectivity index (χ3n) is 1.81. The average Bonchev–Trinajstić information content (AvgIpc) is 2.37.